The summed E-state index contributed by atoms with van der Waals surface area (Å²) in [5.41, 5.74) is 0.704. The minimum absolute atomic E-state index is 0.105. The van der Waals surface area contributed by atoms with E-state index in [1.807, 2.05) is 0 Å². The van der Waals surface area contributed by atoms with Gasteiger partial charge in [0.2, 0.25) is 0 Å². The zero-order chi connectivity index (χ0) is 11.8. The third-order valence-electron chi connectivity index (χ3n) is 3.13. The molecule has 0 bridgehead atoms. The van der Waals surface area contributed by atoms with Crippen molar-refractivity contribution in [3.8, 4) is 5.75 Å². The van der Waals surface area contributed by atoms with Crippen LogP contribution in [0.1, 0.15) is 25.5 Å². The van der Waals surface area contributed by atoms with Crippen molar-refractivity contribution in [3.63, 3.8) is 0 Å². The van der Waals surface area contributed by atoms with Crippen LogP contribution in [0.2, 0.25) is 0 Å². The zero-order valence-electron chi connectivity index (χ0n) is 9.27. The number of phenolic OH excluding ortho intramolecular Hbond substituents is 1. The number of aromatic hydroxyl groups is 1. The number of fused-ring (bicyclic) bond motifs is 1. The molecule has 2 heterocycles. The molecule has 0 spiro atoms. The van der Waals surface area contributed by atoms with Gasteiger partial charge in [-0.05, 0) is 31.4 Å². The predicted octanol–water partition coefficient (Wildman–Crippen LogP) is 2.58. The first-order chi connectivity index (χ1) is 8.27. The minimum atomic E-state index is -0.624. The van der Waals surface area contributed by atoms with Gasteiger partial charge in [-0.2, -0.15) is 5.10 Å². The van der Waals surface area contributed by atoms with E-state index in [4.69, 9.17) is 4.74 Å². The van der Waals surface area contributed by atoms with Crippen LogP contribution in [0, 0.1) is 5.82 Å². The molecule has 1 unspecified atom stereocenters. The van der Waals surface area contributed by atoms with Crippen LogP contribution in [0.3, 0.4) is 0 Å². The lowest BCUT2D eigenvalue weighted by Gasteiger charge is -2.23. The highest BCUT2D eigenvalue weighted by atomic mass is 19.1. The maximum atomic E-state index is 13.2. The van der Waals surface area contributed by atoms with Crippen molar-refractivity contribution in [1.29, 1.82) is 0 Å². The number of nitrogens with zero attached hydrogens (tertiary/aromatic N) is 2. The van der Waals surface area contributed by atoms with E-state index in [2.05, 4.69) is 5.10 Å². The molecule has 1 aromatic heterocycles. The highest BCUT2D eigenvalue weighted by molar-refractivity contribution is 5.85. The van der Waals surface area contributed by atoms with Gasteiger partial charge < -0.3 is 9.84 Å². The van der Waals surface area contributed by atoms with Gasteiger partial charge in [0.1, 0.15) is 0 Å². The quantitative estimate of drug-likeness (QED) is 0.827. The average Bonchev–Trinajstić information content (AvgIpc) is 2.79. The summed E-state index contributed by atoms with van der Waals surface area (Å²) in [7, 11) is 0. The molecule has 0 radical (unpaired) electrons. The third kappa shape index (κ3) is 1.67. The SMILES string of the molecule is Oc1c(F)ccc2c1cnn2C1CCCCO1. The van der Waals surface area contributed by atoms with Gasteiger partial charge in [0, 0.05) is 6.61 Å². The van der Waals surface area contributed by atoms with E-state index in [0.717, 1.165) is 25.9 Å². The lowest BCUT2D eigenvalue weighted by atomic mass is 10.2. The lowest BCUT2D eigenvalue weighted by molar-refractivity contribution is -0.0366. The summed E-state index contributed by atoms with van der Waals surface area (Å²) in [6.07, 6.45) is 4.43. The Hall–Kier alpha value is -1.62. The Labute approximate surface area is 97.6 Å². The summed E-state index contributed by atoms with van der Waals surface area (Å²) in [5, 5.41) is 14.2. The van der Waals surface area contributed by atoms with Gasteiger partial charge in [0.25, 0.3) is 0 Å². The molecule has 0 saturated carbocycles. The van der Waals surface area contributed by atoms with Crippen LogP contribution in [0.25, 0.3) is 10.9 Å². The van der Waals surface area contributed by atoms with Crippen molar-refractivity contribution in [2.45, 2.75) is 25.5 Å². The molecule has 1 aliphatic heterocycles. The van der Waals surface area contributed by atoms with E-state index in [9.17, 15) is 9.50 Å². The second-order valence-corrected chi connectivity index (χ2v) is 4.24. The molecule has 0 amide bonds. The number of ether oxygens (including phenoxy) is 1. The second-order valence-electron chi connectivity index (χ2n) is 4.24. The monoisotopic (exact) mass is 236 g/mol. The van der Waals surface area contributed by atoms with E-state index >= 15 is 0 Å². The number of benzene rings is 1. The van der Waals surface area contributed by atoms with Gasteiger partial charge in [-0.15, -0.1) is 0 Å². The van der Waals surface area contributed by atoms with E-state index in [1.54, 1.807) is 10.7 Å². The molecule has 5 heteroatoms. The Morgan fingerprint density at radius 3 is 3.06 bits per heavy atom. The topological polar surface area (TPSA) is 47.3 Å². The van der Waals surface area contributed by atoms with Crippen molar-refractivity contribution in [2.24, 2.45) is 0 Å². The van der Waals surface area contributed by atoms with Crippen molar-refractivity contribution in [2.75, 3.05) is 6.61 Å². The second kappa shape index (κ2) is 4.00. The van der Waals surface area contributed by atoms with Crippen LogP contribution >= 0.6 is 0 Å². The molecule has 3 rings (SSSR count). The van der Waals surface area contributed by atoms with Crippen LogP contribution in [0.4, 0.5) is 4.39 Å². The summed E-state index contributed by atoms with van der Waals surface area (Å²) >= 11 is 0. The summed E-state index contributed by atoms with van der Waals surface area (Å²) in [6, 6.07) is 2.87. The number of rotatable bonds is 1. The number of hydrogen-bond donors (Lipinski definition) is 1. The molecule has 1 aromatic carbocycles. The fourth-order valence-electron chi connectivity index (χ4n) is 2.23. The Morgan fingerprint density at radius 1 is 1.41 bits per heavy atom. The zero-order valence-corrected chi connectivity index (χ0v) is 9.27. The Bertz CT molecular complexity index is 547. The molecule has 1 aliphatic rings. The summed E-state index contributed by atoms with van der Waals surface area (Å²) in [6.45, 7) is 0.721. The van der Waals surface area contributed by atoms with Crippen LogP contribution in [-0.4, -0.2) is 21.5 Å². The van der Waals surface area contributed by atoms with Gasteiger partial charge in [-0.1, -0.05) is 0 Å². The molecular formula is C12H13FN2O2. The normalized spacial score (nSPS) is 20.9. The maximum absolute atomic E-state index is 13.2. The first kappa shape index (κ1) is 10.5. The molecule has 1 atom stereocenters. The first-order valence-electron chi connectivity index (χ1n) is 5.73. The van der Waals surface area contributed by atoms with Gasteiger partial charge >= 0.3 is 0 Å². The van der Waals surface area contributed by atoms with Crippen molar-refractivity contribution in [1.82, 2.24) is 9.78 Å². The fourth-order valence-corrected chi connectivity index (χ4v) is 2.23. The maximum Gasteiger partial charge on any atom is 0.165 e. The predicted molar refractivity (Wildman–Crippen MR) is 60.2 cm³/mol. The Morgan fingerprint density at radius 2 is 2.29 bits per heavy atom. The lowest BCUT2D eigenvalue weighted by Crippen LogP contribution is -2.18. The number of aromatic nitrogens is 2. The van der Waals surface area contributed by atoms with Gasteiger partial charge in [0.05, 0.1) is 17.1 Å². The highest BCUT2D eigenvalue weighted by Crippen LogP contribution is 2.31. The molecule has 2 aromatic rings. The molecular weight excluding hydrogens is 223 g/mol. The molecule has 0 aliphatic carbocycles. The fraction of sp³-hybridized carbons (Fsp3) is 0.417. The molecule has 4 nitrogen and oxygen atoms in total. The average molecular weight is 236 g/mol. The van der Waals surface area contributed by atoms with Crippen molar-refractivity contribution < 1.29 is 14.2 Å². The van der Waals surface area contributed by atoms with Gasteiger partial charge in [-0.3, -0.25) is 0 Å². The highest BCUT2D eigenvalue weighted by Gasteiger charge is 2.20. The van der Waals surface area contributed by atoms with Gasteiger partial charge in [-0.25, -0.2) is 9.07 Å². The minimum Gasteiger partial charge on any atom is -0.504 e. The molecule has 90 valence electrons. The van der Waals surface area contributed by atoms with Crippen molar-refractivity contribution in [3.05, 3.63) is 24.1 Å². The molecule has 1 fully saturated rings. The summed E-state index contributed by atoms with van der Waals surface area (Å²) in [4.78, 5) is 0. The first-order valence-corrected chi connectivity index (χ1v) is 5.73. The van der Waals surface area contributed by atoms with E-state index in [-0.39, 0.29) is 12.0 Å². The van der Waals surface area contributed by atoms with E-state index in [1.165, 1.54) is 12.3 Å². The largest absolute Gasteiger partial charge is 0.504 e. The Balaban J connectivity index is 2.08. The number of phenols is 1. The molecule has 1 saturated heterocycles. The molecule has 1 N–H and O–H groups in total. The van der Waals surface area contributed by atoms with Gasteiger partial charge in [0.15, 0.2) is 17.8 Å². The van der Waals surface area contributed by atoms with E-state index in [0.29, 0.717) is 10.9 Å². The van der Waals surface area contributed by atoms with Crippen molar-refractivity contribution >= 4 is 10.9 Å². The van der Waals surface area contributed by atoms with Crippen LogP contribution < -0.4 is 0 Å². The smallest absolute Gasteiger partial charge is 0.165 e. The standard InChI is InChI=1S/C12H13FN2O2/c13-9-4-5-10-8(12(9)16)7-14-15(10)11-3-1-2-6-17-11/h4-5,7,11,16H,1-3,6H2. The summed E-state index contributed by atoms with van der Waals surface area (Å²) < 4.78 is 20.5. The number of halogens is 1. The third-order valence-corrected chi connectivity index (χ3v) is 3.13. The van der Waals surface area contributed by atoms with Crippen LogP contribution in [-0.2, 0) is 4.74 Å². The number of hydrogen-bond acceptors (Lipinski definition) is 3. The Kier molecular flexibility index (Phi) is 2.48. The summed E-state index contributed by atoms with van der Waals surface area (Å²) in [5.74, 6) is -0.967. The van der Waals surface area contributed by atoms with Crippen LogP contribution in [0.5, 0.6) is 5.75 Å². The van der Waals surface area contributed by atoms with Crippen LogP contribution in [0.15, 0.2) is 18.3 Å². The molecule has 17 heavy (non-hydrogen) atoms. The van der Waals surface area contributed by atoms with E-state index < -0.39 is 5.82 Å².